The first-order chi connectivity index (χ1) is 11.2. The zero-order valence-corrected chi connectivity index (χ0v) is 15.4. The summed E-state index contributed by atoms with van der Waals surface area (Å²) >= 11 is 0. The summed E-state index contributed by atoms with van der Waals surface area (Å²) in [5, 5.41) is 6.92. The van der Waals surface area contributed by atoms with Crippen molar-refractivity contribution in [1.82, 2.24) is 10.6 Å². The molecule has 0 aromatic carbocycles. The van der Waals surface area contributed by atoms with Gasteiger partial charge in [0, 0.05) is 0 Å². The van der Waals surface area contributed by atoms with E-state index in [1.165, 1.54) is 13.8 Å². The second-order valence-electron chi connectivity index (χ2n) is 4.37. The summed E-state index contributed by atoms with van der Waals surface area (Å²) in [6.45, 7) is 3.67. The molecule has 9 nitrogen and oxygen atoms in total. The maximum Gasteiger partial charge on any atom is 0.315 e. The van der Waals surface area contributed by atoms with E-state index in [0.717, 1.165) is 23.3 Å². The summed E-state index contributed by atoms with van der Waals surface area (Å²) in [6, 6.07) is -0.447. The van der Waals surface area contributed by atoms with E-state index in [1.807, 2.05) is 0 Å². The van der Waals surface area contributed by atoms with Crippen molar-refractivity contribution in [2.45, 2.75) is 13.8 Å². The zero-order valence-electron chi connectivity index (χ0n) is 13.7. The topological polar surface area (TPSA) is 128 Å². The van der Waals surface area contributed by atoms with E-state index in [9.17, 15) is 21.6 Å². The monoisotopic (exact) mass is 384 g/mol. The number of sulfone groups is 2. The van der Waals surface area contributed by atoms with E-state index in [-0.39, 0.29) is 37.8 Å². The SMILES string of the molecule is CCS(=O)(=O)C=COCCNC(=O)NCCOC=CS(=O)(=O)CC. The van der Waals surface area contributed by atoms with Crippen LogP contribution in [0.3, 0.4) is 0 Å². The molecular formula is C13H24N2O7S2. The fourth-order valence-corrected chi connectivity index (χ4v) is 1.97. The van der Waals surface area contributed by atoms with Crippen LogP contribution in [0.4, 0.5) is 4.79 Å². The Bertz CT molecular complexity index is 571. The Kier molecular flexibility index (Phi) is 10.9. The number of carbonyl (C=O) groups is 1. The molecule has 0 aliphatic carbocycles. The molecule has 0 spiro atoms. The number of hydrogen-bond acceptors (Lipinski definition) is 7. The minimum absolute atomic E-state index is 0.00481. The molecule has 0 radical (unpaired) electrons. The van der Waals surface area contributed by atoms with E-state index in [2.05, 4.69) is 10.6 Å². The fraction of sp³-hybridized carbons (Fsp3) is 0.615. The molecule has 24 heavy (non-hydrogen) atoms. The van der Waals surface area contributed by atoms with Gasteiger partial charge in [0.25, 0.3) is 0 Å². The number of hydrogen-bond donors (Lipinski definition) is 2. The van der Waals surface area contributed by atoms with Crippen LogP contribution >= 0.6 is 0 Å². The molecule has 0 aromatic heterocycles. The van der Waals surface area contributed by atoms with Crippen molar-refractivity contribution in [3.63, 3.8) is 0 Å². The standard InChI is InChI=1S/C13H24N2O7S2/c1-3-23(17,18)11-9-21-7-5-14-13(16)15-6-8-22-10-12-24(19,20)4-2/h9-12H,3-8H2,1-2H3,(H2,14,15,16). The Morgan fingerprint density at radius 2 is 1.21 bits per heavy atom. The predicted octanol–water partition coefficient (Wildman–Crippen LogP) is 0.131. The van der Waals surface area contributed by atoms with Gasteiger partial charge in [-0.25, -0.2) is 21.6 Å². The van der Waals surface area contributed by atoms with Crippen LogP contribution in [-0.2, 0) is 29.1 Å². The smallest absolute Gasteiger partial charge is 0.315 e. The van der Waals surface area contributed by atoms with Crippen LogP contribution in [0, 0.1) is 0 Å². The third kappa shape index (κ3) is 12.8. The Hall–Kier alpha value is -1.75. The summed E-state index contributed by atoms with van der Waals surface area (Å²) in [4.78, 5) is 11.4. The average Bonchev–Trinajstić information content (AvgIpc) is 2.54. The molecule has 0 atom stereocenters. The molecule has 2 N–H and O–H groups in total. The molecular weight excluding hydrogens is 360 g/mol. The Morgan fingerprint density at radius 3 is 1.54 bits per heavy atom. The van der Waals surface area contributed by atoms with E-state index in [0.29, 0.717) is 0 Å². The molecule has 11 heteroatoms. The highest BCUT2D eigenvalue weighted by atomic mass is 32.2. The molecule has 140 valence electrons. The van der Waals surface area contributed by atoms with Gasteiger partial charge in [-0.3, -0.25) is 0 Å². The molecule has 0 rings (SSSR count). The lowest BCUT2D eigenvalue weighted by molar-refractivity contribution is 0.218. The summed E-state index contributed by atoms with van der Waals surface area (Å²) < 4.78 is 54.3. The first-order valence-corrected chi connectivity index (χ1v) is 10.7. The molecule has 0 saturated heterocycles. The fourth-order valence-electron chi connectivity index (χ4n) is 1.09. The number of rotatable bonds is 12. The highest BCUT2D eigenvalue weighted by Crippen LogP contribution is 1.92. The molecule has 2 amide bonds. The van der Waals surface area contributed by atoms with Crippen molar-refractivity contribution in [3.8, 4) is 0 Å². The molecule has 0 fully saturated rings. The molecule has 0 saturated carbocycles. The van der Waals surface area contributed by atoms with E-state index in [4.69, 9.17) is 9.47 Å². The number of amides is 2. The van der Waals surface area contributed by atoms with Crippen LogP contribution in [0.1, 0.15) is 13.8 Å². The molecule has 0 heterocycles. The number of nitrogens with one attached hydrogen (secondary N) is 2. The maximum absolute atomic E-state index is 11.4. The maximum atomic E-state index is 11.4. The van der Waals surface area contributed by atoms with Gasteiger partial charge in [0.2, 0.25) is 0 Å². The Morgan fingerprint density at radius 1 is 0.833 bits per heavy atom. The second kappa shape index (κ2) is 11.7. The number of urea groups is 1. The van der Waals surface area contributed by atoms with E-state index in [1.54, 1.807) is 0 Å². The van der Waals surface area contributed by atoms with Gasteiger partial charge in [0.05, 0.1) is 47.9 Å². The summed E-state index contributed by atoms with van der Waals surface area (Å²) in [5.74, 6) is -0.00962. The molecule has 0 bridgehead atoms. The van der Waals surface area contributed by atoms with Crippen LogP contribution in [0.25, 0.3) is 0 Å². The minimum Gasteiger partial charge on any atom is -0.499 e. The van der Waals surface area contributed by atoms with Crippen LogP contribution < -0.4 is 10.6 Å². The Labute approximate surface area is 142 Å². The number of ether oxygens (including phenoxy) is 2. The average molecular weight is 384 g/mol. The quantitative estimate of drug-likeness (QED) is 0.361. The molecule has 0 aliphatic rings. The van der Waals surface area contributed by atoms with Crippen molar-refractivity contribution >= 4 is 25.7 Å². The van der Waals surface area contributed by atoms with Gasteiger partial charge < -0.3 is 20.1 Å². The lowest BCUT2D eigenvalue weighted by Crippen LogP contribution is -2.38. The molecule has 0 aliphatic heterocycles. The van der Waals surface area contributed by atoms with Crippen LogP contribution in [0.2, 0.25) is 0 Å². The molecule has 0 unspecified atom stereocenters. The lowest BCUT2D eigenvalue weighted by atomic mass is 10.6. The van der Waals surface area contributed by atoms with Crippen molar-refractivity contribution in [1.29, 1.82) is 0 Å². The van der Waals surface area contributed by atoms with Crippen molar-refractivity contribution in [3.05, 3.63) is 23.3 Å². The minimum atomic E-state index is -3.22. The second-order valence-corrected chi connectivity index (χ2v) is 8.72. The third-order valence-corrected chi connectivity index (χ3v) is 5.19. The third-order valence-electron chi connectivity index (χ3n) is 2.53. The predicted molar refractivity (Wildman–Crippen MR) is 90.5 cm³/mol. The van der Waals surface area contributed by atoms with Crippen LogP contribution in [0.15, 0.2) is 23.3 Å². The highest BCUT2D eigenvalue weighted by Gasteiger charge is 2.01. The van der Waals surface area contributed by atoms with Gasteiger partial charge in [-0.2, -0.15) is 0 Å². The summed E-state index contributed by atoms with van der Waals surface area (Å²) in [7, 11) is -6.43. The van der Waals surface area contributed by atoms with E-state index >= 15 is 0 Å². The summed E-state index contributed by atoms with van der Waals surface area (Å²) in [6.07, 6.45) is 2.14. The van der Waals surface area contributed by atoms with Crippen LogP contribution in [0.5, 0.6) is 0 Å². The van der Waals surface area contributed by atoms with Gasteiger partial charge in [-0.1, -0.05) is 13.8 Å². The number of carbonyl (C=O) groups excluding carboxylic acids is 1. The van der Waals surface area contributed by atoms with Crippen LogP contribution in [-0.4, -0.2) is 60.7 Å². The van der Waals surface area contributed by atoms with Gasteiger partial charge in [-0.15, -0.1) is 0 Å². The van der Waals surface area contributed by atoms with Crippen molar-refractivity contribution < 1.29 is 31.1 Å². The molecule has 0 aromatic rings. The van der Waals surface area contributed by atoms with Gasteiger partial charge in [0.1, 0.15) is 13.2 Å². The van der Waals surface area contributed by atoms with Crippen molar-refractivity contribution in [2.24, 2.45) is 0 Å². The van der Waals surface area contributed by atoms with E-state index < -0.39 is 25.7 Å². The normalized spacial score (nSPS) is 12.4. The van der Waals surface area contributed by atoms with Gasteiger partial charge in [-0.05, 0) is 0 Å². The lowest BCUT2D eigenvalue weighted by Gasteiger charge is -2.07. The Balaban J connectivity index is 3.68. The zero-order chi connectivity index (χ0) is 18.5. The largest absolute Gasteiger partial charge is 0.499 e. The van der Waals surface area contributed by atoms with Gasteiger partial charge in [0.15, 0.2) is 19.7 Å². The first-order valence-electron chi connectivity index (χ1n) is 7.26. The van der Waals surface area contributed by atoms with Crippen molar-refractivity contribution in [2.75, 3.05) is 37.8 Å². The summed E-state index contributed by atoms with van der Waals surface area (Å²) in [5.41, 5.74) is 0. The highest BCUT2D eigenvalue weighted by molar-refractivity contribution is 7.94. The van der Waals surface area contributed by atoms with Gasteiger partial charge >= 0.3 is 6.03 Å². The first kappa shape index (κ1) is 22.2.